The van der Waals surface area contributed by atoms with Crippen molar-refractivity contribution in [2.24, 2.45) is 0 Å². The summed E-state index contributed by atoms with van der Waals surface area (Å²) in [5.74, 6) is -1.71. The number of hydrogen-bond acceptors (Lipinski definition) is 5. The van der Waals surface area contributed by atoms with Crippen LogP contribution in [0.3, 0.4) is 0 Å². The lowest BCUT2D eigenvalue weighted by atomic mass is 9.89. The van der Waals surface area contributed by atoms with Gasteiger partial charge in [-0.1, -0.05) is 18.2 Å². The highest BCUT2D eigenvalue weighted by Crippen LogP contribution is 2.31. The number of nitrogens with two attached hydrogens (primary N) is 1. The fourth-order valence-corrected chi connectivity index (χ4v) is 5.17. The highest BCUT2D eigenvalue weighted by molar-refractivity contribution is 5.83. The molecule has 3 amide bonds. The Morgan fingerprint density at radius 1 is 1.13 bits per heavy atom. The van der Waals surface area contributed by atoms with E-state index in [9.17, 15) is 18.4 Å². The topological polar surface area (TPSA) is 109 Å². The van der Waals surface area contributed by atoms with Crippen LogP contribution in [0.2, 0.25) is 0 Å². The minimum absolute atomic E-state index is 0.0266. The molecule has 2 heterocycles. The number of nitrogens with one attached hydrogen (secondary N) is 3. The first-order chi connectivity index (χ1) is 18.3. The van der Waals surface area contributed by atoms with E-state index in [4.69, 9.17) is 10.5 Å². The number of carbonyl (C=O) groups excluding carboxylic acids is 2. The second-order valence-corrected chi connectivity index (χ2v) is 9.81. The van der Waals surface area contributed by atoms with Crippen molar-refractivity contribution in [3.8, 4) is 0 Å². The predicted octanol–water partition coefficient (Wildman–Crippen LogP) is 3.58. The van der Waals surface area contributed by atoms with Crippen LogP contribution in [0.5, 0.6) is 0 Å². The Morgan fingerprint density at radius 2 is 1.92 bits per heavy atom. The lowest BCUT2D eigenvalue weighted by Gasteiger charge is -2.32. The van der Waals surface area contributed by atoms with Crippen LogP contribution in [-0.4, -0.2) is 56.7 Å². The van der Waals surface area contributed by atoms with Gasteiger partial charge >= 0.3 is 6.03 Å². The van der Waals surface area contributed by atoms with E-state index in [1.807, 2.05) is 12.1 Å². The standard InChI is InChI=1S/C28H35F2N5O3/c1-38-17-25-22(27(34-28(37)33-25)20-6-7-23(29)24(30)15-20)16-26(36)32-10-3-11-35-12-8-18(9-13-35)19-4-2-5-21(31)14-19/h2,4-7,14-15,18,27H,3,8-13,16-17,31H2,1H3,(H,32,36)(H2,33,34,37)/t27-/m1/s1. The minimum atomic E-state index is -1.02. The molecule has 0 saturated carbocycles. The van der Waals surface area contributed by atoms with Gasteiger partial charge in [0, 0.05) is 25.0 Å². The second-order valence-electron chi connectivity index (χ2n) is 9.81. The summed E-state index contributed by atoms with van der Waals surface area (Å²) in [7, 11) is 1.48. The van der Waals surface area contributed by atoms with E-state index in [2.05, 4.69) is 33.0 Å². The smallest absolute Gasteiger partial charge is 0.319 e. The number of carbonyl (C=O) groups is 2. The molecule has 2 aromatic rings. The summed E-state index contributed by atoms with van der Waals surface area (Å²) in [6.07, 6.45) is 2.94. The summed E-state index contributed by atoms with van der Waals surface area (Å²) in [6, 6.07) is 10.3. The molecule has 1 atom stereocenters. The fourth-order valence-electron chi connectivity index (χ4n) is 5.17. The van der Waals surface area contributed by atoms with E-state index in [1.54, 1.807) is 0 Å². The largest absolute Gasteiger partial charge is 0.399 e. The number of nitrogens with zero attached hydrogens (tertiary/aromatic N) is 1. The molecule has 1 fully saturated rings. The molecule has 204 valence electrons. The highest BCUT2D eigenvalue weighted by atomic mass is 19.2. The third-order valence-electron chi connectivity index (χ3n) is 7.14. The molecule has 10 heteroatoms. The predicted molar refractivity (Wildman–Crippen MR) is 141 cm³/mol. The molecule has 0 aliphatic carbocycles. The SMILES string of the molecule is COCC1=C(CC(=O)NCCCN2CCC(c3cccc(N)c3)CC2)[C@@H](c2ccc(F)c(F)c2)NC(=O)N1. The van der Waals surface area contributed by atoms with Crippen molar-refractivity contribution < 1.29 is 23.1 Å². The van der Waals surface area contributed by atoms with Crippen LogP contribution in [0.4, 0.5) is 19.3 Å². The van der Waals surface area contributed by atoms with Gasteiger partial charge in [-0.2, -0.15) is 0 Å². The van der Waals surface area contributed by atoms with Crippen molar-refractivity contribution in [2.45, 2.75) is 37.6 Å². The summed E-state index contributed by atoms with van der Waals surface area (Å²) >= 11 is 0. The Labute approximate surface area is 221 Å². The number of hydrogen-bond donors (Lipinski definition) is 4. The first kappa shape index (κ1) is 27.5. The fraction of sp³-hybridized carbons (Fsp3) is 0.429. The third kappa shape index (κ3) is 7.08. The average molecular weight is 528 g/mol. The number of nitrogen functional groups attached to an aromatic ring is 1. The van der Waals surface area contributed by atoms with Gasteiger partial charge in [-0.3, -0.25) is 4.79 Å². The maximum absolute atomic E-state index is 13.9. The second kappa shape index (κ2) is 12.8. The van der Waals surface area contributed by atoms with Gasteiger partial charge in [0.2, 0.25) is 5.91 Å². The molecule has 8 nitrogen and oxygen atoms in total. The molecule has 4 rings (SSSR count). The van der Waals surface area contributed by atoms with Crippen LogP contribution in [-0.2, 0) is 9.53 Å². The number of piperidine rings is 1. The molecule has 38 heavy (non-hydrogen) atoms. The highest BCUT2D eigenvalue weighted by Gasteiger charge is 2.30. The quantitative estimate of drug-likeness (QED) is 0.279. The zero-order valence-electron chi connectivity index (χ0n) is 21.6. The van der Waals surface area contributed by atoms with E-state index >= 15 is 0 Å². The summed E-state index contributed by atoms with van der Waals surface area (Å²) in [4.78, 5) is 27.4. The Balaban J connectivity index is 1.28. The van der Waals surface area contributed by atoms with Crippen molar-refractivity contribution in [2.75, 3.05) is 45.6 Å². The number of ether oxygens (including phenoxy) is 1. The molecule has 0 bridgehead atoms. The van der Waals surface area contributed by atoms with Crippen LogP contribution in [0.25, 0.3) is 0 Å². The van der Waals surface area contributed by atoms with E-state index in [0.717, 1.165) is 56.7 Å². The molecule has 0 aromatic heterocycles. The van der Waals surface area contributed by atoms with Gasteiger partial charge in [-0.05, 0) is 85.8 Å². The van der Waals surface area contributed by atoms with Gasteiger partial charge in [0.15, 0.2) is 11.6 Å². The van der Waals surface area contributed by atoms with Gasteiger partial charge in [0.05, 0.1) is 19.1 Å². The Bertz CT molecular complexity index is 1180. The van der Waals surface area contributed by atoms with Crippen molar-refractivity contribution in [3.63, 3.8) is 0 Å². The molecule has 2 aliphatic heterocycles. The molecule has 1 saturated heterocycles. The maximum Gasteiger partial charge on any atom is 0.319 e. The number of likely N-dealkylation sites (tertiary alicyclic amines) is 1. The number of benzene rings is 2. The van der Waals surface area contributed by atoms with Gasteiger partial charge in [0.1, 0.15) is 0 Å². The molecule has 0 unspecified atom stereocenters. The summed E-state index contributed by atoms with van der Waals surface area (Å²) in [6.45, 7) is 3.47. The number of amides is 3. The van der Waals surface area contributed by atoms with Crippen molar-refractivity contribution >= 4 is 17.6 Å². The monoisotopic (exact) mass is 527 g/mol. The summed E-state index contributed by atoms with van der Waals surface area (Å²) in [5, 5.41) is 8.32. The molecule has 2 aromatic carbocycles. The third-order valence-corrected chi connectivity index (χ3v) is 7.14. The molecule has 0 radical (unpaired) electrons. The number of urea groups is 1. The van der Waals surface area contributed by atoms with Crippen LogP contribution in [0.15, 0.2) is 53.7 Å². The molecule has 0 spiro atoms. The number of methoxy groups -OCH3 is 1. The van der Waals surface area contributed by atoms with Crippen molar-refractivity contribution in [3.05, 3.63) is 76.5 Å². The number of rotatable bonds is 10. The van der Waals surface area contributed by atoms with Crippen LogP contribution < -0.4 is 21.7 Å². The van der Waals surface area contributed by atoms with Crippen molar-refractivity contribution in [1.29, 1.82) is 0 Å². The Kier molecular flexibility index (Phi) is 9.30. The van der Waals surface area contributed by atoms with Gasteiger partial charge in [0.25, 0.3) is 0 Å². The van der Waals surface area contributed by atoms with E-state index in [0.29, 0.717) is 29.3 Å². The maximum atomic E-state index is 13.9. The first-order valence-electron chi connectivity index (χ1n) is 12.9. The van der Waals surface area contributed by atoms with Gasteiger partial charge in [-0.25, -0.2) is 13.6 Å². The van der Waals surface area contributed by atoms with Crippen molar-refractivity contribution in [1.82, 2.24) is 20.9 Å². The normalized spacial score (nSPS) is 18.7. The van der Waals surface area contributed by atoms with Crippen LogP contribution in [0, 0.1) is 11.6 Å². The van der Waals surface area contributed by atoms with E-state index in [-0.39, 0.29) is 18.9 Å². The number of halogens is 2. The zero-order valence-corrected chi connectivity index (χ0v) is 21.6. The van der Waals surface area contributed by atoms with Gasteiger partial charge < -0.3 is 31.3 Å². The van der Waals surface area contributed by atoms with Gasteiger partial charge in [-0.15, -0.1) is 0 Å². The molecule has 5 N–H and O–H groups in total. The molecular weight excluding hydrogens is 492 g/mol. The van der Waals surface area contributed by atoms with E-state index in [1.165, 1.54) is 18.7 Å². The first-order valence-corrected chi connectivity index (χ1v) is 12.9. The Hall–Kier alpha value is -3.50. The minimum Gasteiger partial charge on any atom is -0.399 e. The van der Waals surface area contributed by atoms with Crippen LogP contribution in [0.1, 0.15) is 48.8 Å². The van der Waals surface area contributed by atoms with E-state index < -0.39 is 23.7 Å². The van der Waals surface area contributed by atoms with Crippen LogP contribution >= 0.6 is 0 Å². The Morgan fingerprint density at radius 3 is 2.63 bits per heavy atom. The lowest BCUT2D eigenvalue weighted by Crippen LogP contribution is -2.46. The summed E-state index contributed by atoms with van der Waals surface area (Å²) in [5.41, 5.74) is 9.35. The summed E-state index contributed by atoms with van der Waals surface area (Å²) < 4.78 is 32.6. The molecule has 2 aliphatic rings. The average Bonchev–Trinajstić information content (AvgIpc) is 2.90. The number of anilines is 1. The molecular formula is C28H35F2N5O3. The lowest BCUT2D eigenvalue weighted by molar-refractivity contribution is -0.120. The zero-order chi connectivity index (χ0) is 27.1.